The average molecular weight is 313 g/mol. The first-order valence-corrected chi connectivity index (χ1v) is 6.45. The van der Waals surface area contributed by atoms with Crippen LogP contribution >= 0.6 is 15.9 Å². The molecule has 2 rings (SSSR count). The molecule has 1 aromatic heterocycles. The van der Waals surface area contributed by atoms with Gasteiger partial charge in [0.25, 0.3) is 0 Å². The van der Waals surface area contributed by atoms with E-state index >= 15 is 0 Å². The summed E-state index contributed by atoms with van der Waals surface area (Å²) in [6, 6.07) is 0. The summed E-state index contributed by atoms with van der Waals surface area (Å²) in [4.78, 5) is 19.8. The van der Waals surface area contributed by atoms with Crippen molar-refractivity contribution in [2.75, 3.05) is 11.9 Å². The molecule has 18 heavy (non-hydrogen) atoms. The van der Waals surface area contributed by atoms with Gasteiger partial charge < -0.3 is 10.6 Å². The van der Waals surface area contributed by atoms with Crippen LogP contribution in [0.4, 0.5) is 5.82 Å². The van der Waals surface area contributed by atoms with Gasteiger partial charge in [-0.25, -0.2) is 4.98 Å². The topological polar surface area (TPSA) is 72.1 Å². The van der Waals surface area contributed by atoms with Crippen LogP contribution in [0, 0.1) is 5.92 Å². The first-order chi connectivity index (χ1) is 8.58. The van der Waals surface area contributed by atoms with E-state index in [1.54, 1.807) is 7.05 Å². The molecule has 0 unspecified atom stereocenters. The summed E-state index contributed by atoms with van der Waals surface area (Å²) in [5, 5.41) is 0. The predicted molar refractivity (Wildman–Crippen MR) is 76.0 cm³/mol. The van der Waals surface area contributed by atoms with Gasteiger partial charge in [0, 0.05) is 13.2 Å². The second-order valence-electron chi connectivity index (χ2n) is 4.17. The van der Waals surface area contributed by atoms with Gasteiger partial charge in [0.15, 0.2) is 5.82 Å². The highest BCUT2D eigenvalue weighted by molar-refractivity contribution is 9.15. The summed E-state index contributed by atoms with van der Waals surface area (Å²) >= 11 is 3.21. The standard InChI is InChI=1S/C8H9BrN4O.C4H8/c1-13(5-14)8-4-11-7(3-12-8)6(9)2-10;1-4-2-3-4/h2-5H,10H2,1H3;4H,2-3H2,1H3/b6-2+;. The van der Waals surface area contributed by atoms with Crippen LogP contribution in [0.3, 0.4) is 0 Å². The van der Waals surface area contributed by atoms with Crippen molar-refractivity contribution >= 4 is 32.6 Å². The van der Waals surface area contributed by atoms with Crippen LogP contribution in [0.5, 0.6) is 0 Å². The van der Waals surface area contributed by atoms with Crippen molar-refractivity contribution in [3.05, 3.63) is 24.3 Å². The van der Waals surface area contributed by atoms with Gasteiger partial charge in [-0.3, -0.25) is 9.78 Å². The molecule has 1 saturated carbocycles. The van der Waals surface area contributed by atoms with E-state index in [2.05, 4.69) is 32.8 Å². The molecule has 1 amide bonds. The molecule has 0 atom stereocenters. The lowest BCUT2D eigenvalue weighted by atomic mass is 10.4. The molecule has 1 aromatic rings. The summed E-state index contributed by atoms with van der Waals surface area (Å²) in [6.07, 6.45) is 8.04. The third-order valence-electron chi connectivity index (χ3n) is 2.41. The SMILES string of the molecule is CC1CC1.CN(C=O)c1cnc(/C(Br)=C\N)cn1. The summed E-state index contributed by atoms with van der Waals surface area (Å²) in [6.45, 7) is 2.28. The van der Waals surface area contributed by atoms with E-state index in [1.807, 2.05) is 0 Å². The predicted octanol–water partition coefficient (Wildman–Crippen LogP) is 2.14. The summed E-state index contributed by atoms with van der Waals surface area (Å²) in [5.41, 5.74) is 5.91. The zero-order valence-electron chi connectivity index (χ0n) is 10.5. The average Bonchev–Trinajstić information content (AvgIpc) is 3.20. The summed E-state index contributed by atoms with van der Waals surface area (Å²) < 4.78 is 0.658. The quantitative estimate of drug-likeness (QED) is 0.868. The van der Waals surface area contributed by atoms with Crippen molar-refractivity contribution in [3.8, 4) is 0 Å². The number of anilines is 1. The molecule has 5 nitrogen and oxygen atoms in total. The van der Waals surface area contributed by atoms with Crippen LogP contribution in [-0.4, -0.2) is 23.4 Å². The smallest absolute Gasteiger partial charge is 0.215 e. The van der Waals surface area contributed by atoms with Crippen LogP contribution in [0.1, 0.15) is 25.5 Å². The van der Waals surface area contributed by atoms with Crippen LogP contribution in [0.25, 0.3) is 4.48 Å². The lowest BCUT2D eigenvalue weighted by Gasteiger charge is -2.08. The van der Waals surface area contributed by atoms with Crippen molar-refractivity contribution in [2.45, 2.75) is 19.8 Å². The fourth-order valence-electron chi connectivity index (χ4n) is 0.933. The fraction of sp³-hybridized carbons (Fsp3) is 0.417. The molecule has 98 valence electrons. The molecule has 1 fully saturated rings. The zero-order valence-corrected chi connectivity index (χ0v) is 12.1. The minimum Gasteiger partial charge on any atom is -0.404 e. The van der Waals surface area contributed by atoms with Crippen molar-refractivity contribution in [2.24, 2.45) is 11.7 Å². The minimum absolute atomic E-state index is 0.487. The third kappa shape index (κ3) is 4.83. The van der Waals surface area contributed by atoms with Crippen LogP contribution in [0.2, 0.25) is 0 Å². The maximum absolute atomic E-state index is 10.4. The Balaban J connectivity index is 0.000000341. The monoisotopic (exact) mass is 312 g/mol. The van der Waals surface area contributed by atoms with E-state index in [-0.39, 0.29) is 0 Å². The second-order valence-corrected chi connectivity index (χ2v) is 5.03. The van der Waals surface area contributed by atoms with E-state index < -0.39 is 0 Å². The number of halogens is 1. The molecule has 0 aliphatic heterocycles. The molecule has 2 N–H and O–H groups in total. The van der Waals surface area contributed by atoms with Crippen molar-refractivity contribution in [3.63, 3.8) is 0 Å². The Morgan fingerprint density at radius 3 is 2.44 bits per heavy atom. The van der Waals surface area contributed by atoms with Gasteiger partial charge in [0.1, 0.15) is 0 Å². The highest BCUT2D eigenvalue weighted by Crippen LogP contribution is 2.26. The molecule has 0 saturated heterocycles. The Bertz CT molecular complexity index is 415. The van der Waals surface area contributed by atoms with Crippen molar-refractivity contribution < 1.29 is 4.79 Å². The van der Waals surface area contributed by atoms with Crippen molar-refractivity contribution in [1.82, 2.24) is 9.97 Å². The number of carbonyl (C=O) groups is 1. The van der Waals surface area contributed by atoms with E-state index in [0.29, 0.717) is 22.4 Å². The van der Waals surface area contributed by atoms with E-state index in [4.69, 9.17) is 5.73 Å². The summed E-state index contributed by atoms with van der Waals surface area (Å²) in [5.74, 6) is 1.57. The number of carbonyl (C=O) groups excluding carboxylic acids is 1. The number of nitrogens with two attached hydrogens (primary N) is 1. The van der Waals surface area contributed by atoms with Crippen LogP contribution in [-0.2, 0) is 4.79 Å². The molecule has 0 spiro atoms. The highest BCUT2D eigenvalue weighted by atomic mass is 79.9. The molecular formula is C12H17BrN4O. The van der Waals surface area contributed by atoms with Gasteiger partial charge in [-0.15, -0.1) is 0 Å². The van der Waals surface area contributed by atoms with Gasteiger partial charge in [0.05, 0.1) is 22.6 Å². The Labute approximate surface area is 115 Å². The zero-order chi connectivity index (χ0) is 13.5. The van der Waals surface area contributed by atoms with Crippen LogP contribution in [0.15, 0.2) is 18.6 Å². The Kier molecular flexibility index (Phi) is 5.77. The normalized spacial score (nSPS) is 14.5. The molecule has 0 bridgehead atoms. The van der Waals surface area contributed by atoms with Crippen molar-refractivity contribution in [1.29, 1.82) is 0 Å². The lowest BCUT2D eigenvalue weighted by Crippen LogP contribution is -2.15. The lowest BCUT2D eigenvalue weighted by molar-refractivity contribution is -0.107. The molecular weight excluding hydrogens is 296 g/mol. The molecule has 1 aliphatic carbocycles. The number of amides is 1. The number of aromatic nitrogens is 2. The molecule has 1 aliphatic rings. The number of rotatable bonds is 3. The van der Waals surface area contributed by atoms with Gasteiger partial charge in [-0.05, 0) is 21.8 Å². The maximum atomic E-state index is 10.4. The Morgan fingerprint density at radius 2 is 2.11 bits per heavy atom. The molecule has 0 radical (unpaired) electrons. The summed E-state index contributed by atoms with van der Waals surface area (Å²) in [7, 11) is 1.60. The number of hydrogen-bond acceptors (Lipinski definition) is 4. The van der Waals surface area contributed by atoms with Gasteiger partial charge in [-0.1, -0.05) is 19.8 Å². The van der Waals surface area contributed by atoms with E-state index in [9.17, 15) is 4.79 Å². The fourth-order valence-corrected chi connectivity index (χ4v) is 1.14. The number of nitrogens with zero attached hydrogens (tertiary/aromatic N) is 3. The maximum Gasteiger partial charge on any atom is 0.215 e. The second kappa shape index (κ2) is 7.10. The van der Waals surface area contributed by atoms with Crippen LogP contribution < -0.4 is 10.6 Å². The highest BCUT2D eigenvalue weighted by Gasteiger charge is 2.12. The van der Waals surface area contributed by atoms with E-state index in [1.165, 1.54) is 36.3 Å². The molecule has 6 heteroatoms. The van der Waals surface area contributed by atoms with Gasteiger partial charge in [-0.2, -0.15) is 0 Å². The minimum atomic E-state index is 0.487. The van der Waals surface area contributed by atoms with E-state index in [0.717, 1.165) is 5.92 Å². The molecule has 1 heterocycles. The van der Waals surface area contributed by atoms with Gasteiger partial charge >= 0.3 is 0 Å². The number of hydrogen-bond donors (Lipinski definition) is 1. The first kappa shape index (κ1) is 14.6. The molecule has 0 aromatic carbocycles. The Morgan fingerprint density at radius 1 is 1.50 bits per heavy atom. The van der Waals surface area contributed by atoms with Gasteiger partial charge in [0.2, 0.25) is 6.41 Å². The third-order valence-corrected chi connectivity index (χ3v) is 3.09. The Hall–Kier alpha value is -1.43. The largest absolute Gasteiger partial charge is 0.404 e. The first-order valence-electron chi connectivity index (χ1n) is 5.66.